The van der Waals surface area contributed by atoms with Crippen LogP contribution in [0.4, 0.5) is 0 Å². The predicted molar refractivity (Wildman–Crippen MR) is 77.7 cm³/mol. The fourth-order valence-electron chi connectivity index (χ4n) is 1.54. The maximum Gasteiger partial charge on any atom is 0.303 e. The van der Waals surface area contributed by atoms with Crippen LogP contribution in [0.25, 0.3) is 0 Å². The first-order chi connectivity index (χ1) is 8.77. The van der Waals surface area contributed by atoms with Crippen LogP contribution in [0.3, 0.4) is 0 Å². The Morgan fingerprint density at radius 2 is 1.50 bits per heavy atom. The second-order valence-electron chi connectivity index (χ2n) is 4.29. The number of hydrogen-bond donors (Lipinski definition) is 1. The first kappa shape index (κ1) is 16.7. The molecule has 0 radical (unpaired) electrons. The molecular formula is C16H26O2. The molecule has 0 aromatic heterocycles. The Labute approximate surface area is 111 Å². The number of aliphatic carboxylic acids is 1. The quantitative estimate of drug-likeness (QED) is 0.419. The van der Waals surface area contributed by atoms with Gasteiger partial charge >= 0.3 is 5.97 Å². The second-order valence-corrected chi connectivity index (χ2v) is 4.29. The maximum absolute atomic E-state index is 10.3. The van der Waals surface area contributed by atoms with Crippen LogP contribution in [0.1, 0.15) is 58.3 Å². The van der Waals surface area contributed by atoms with E-state index in [1.54, 1.807) is 0 Å². The minimum absolute atomic E-state index is 0.303. The lowest BCUT2D eigenvalue weighted by Gasteiger charge is -1.94. The summed E-state index contributed by atoms with van der Waals surface area (Å²) < 4.78 is 0. The summed E-state index contributed by atoms with van der Waals surface area (Å²) in [6.07, 6.45) is 20.5. The zero-order valence-corrected chi connectivity index (χ0v) is 11.5. The Kier molecular flexibility index (Phi) is 12.8. The largest absolute Gasteiger partial charge is 0.481 e. The van der Waals surface area contributed by atoms with Crippen molar-refractivity contribution < 1.29 is 9.90 Å². The van der Waals surface area contributed by atoms with E-state index in [-0.39, 0.29) is 0 Å². The van der Waals surface area contributed by atoms with Crippen LogP contribution < -0.4 is 0 Å². The topological polar surface area (TPSA) is 37.3 Å². The fourth-order valence-corrected chi connectivity index (χ4v) is 1.54. The monoisotopic (exact) mass is 250 g/mol. The van der Waals surface area contributed by atoms with Crippen molar-refractivity contribution in [2.45, 2.75) is 58.3 Å². The van der Waals surface area contributed by atoms with Crippen molar-refractivity contribution in [3.63, 3.8) is 0 Å². The van der Waals surface area contributed by atoms with Crippen molar-refractivity contribution in [3.8, 4) is 0 Å². The molecule has 18 heavy (non-hydrogen) atoms. The highest BCUT2D eigenvalue weighted by Crippen LogP contribution is 2.04. The second kappa shape index (κ2) is 13.8. The Balaban J connectivity index is 3.27. The summed E-state index contributed by atoms with van der Waals surface area (Å²) in [5, 5.41) is 8.46. The van der Waals surface area contributed by atoms with E-state index >= 15 is 0 Å². The van der Waals surface area contributed by atoms with E-state index < -0.39 is 5.97 Å². The molecule has 0 heterocycles. The molecule has 0 saturated heterocycles. The van der Waals surface area contributed by atoms with Crippen molar-refractivity contribution in [3.05, 3.63) is 36.5 Å². The van der Waals surface area contributed by atoms with Gasteiger partial charge in [-0.1, -0.05) is 49.8 Å². The first-order valence-corrected chi connectivity index (χ1v) is 6.94. The first-order valence-electron chi connectivity index (χ1n) is 6.94. The van der Waals surface area contributed by atoms with Crippen LogP contribution in [-0.4, -0.2) is 11.1 Å². The van der Waals surface area contributed by atoms with Gasteiger partial charge in [0, 0.05) is 6.42 Å². The Morgan fingerprint density at radius 3 is 2.11 bits per heavy atom. The minimum Gasteiger partial charge on any atom is -0.481 e. The summed E-state index contributed by atoms with van der Waals surface area (Å²) in [6.45, 7) is 2.14. The fraction of sp³-hybridized carbons (Fsp3) is 0.562. The molecule has 0 atom stereocenters. The molecule has 0 amide bonds. The van der Waals surface area contributed by atoms with Crippen LogP contribution in [0, 0.1) is 0 Å². The molecule has 0 aromatic carbocycles. The molecule has 0 aliphatic heterocycles. The van der Waals surface area contributed by atoms with Gasteiger partial charge in [-0.3, -0.25) is 4.79 Å². The third-order valence-corrected chi connectivity index (χ3v) is 2.54. The molecule has 0 aliphatic rings. The Bertz CT molecular complexity index is 275. The van der Waals surface area contributed by atoms with Crippen molar-refractivity contribution in [2.24, 2.45) is 0 Å². The van der Waals surface area contributed by atoms with Crippen LogP contribution in [-0.2, 0) is 4.79 Å². The van der Waals surface area contributed by atoms with Gasteiger partial charge in [0.05, 0.1) is 0 Å². The normalized spacial score (nSPS) is 12.1. The van der Waals surface area contributed by atoms with E-state index in [0.717, 1.165) is 44.9 Å². The van der Waals surface area contributed by atoms with Gasteiger partial charge in [0.1, 0.15) is 0 Å². The molecule has 0 unspecified atom stereocenters. The summed E-state index contributed by atoms with van der Waals surface area (Å²) in [4.78, 5) is 10.3. The highest BCUT2D eigenvalue weighted by atomic mass is 16.4. The lowest BCUT2D eigenvalue weighted by molar-refractivity contribution is -0.137. The molecule has 102 valence electrons. The number of carboxylic acids is 1. The molecule has 0 saturated carbocycles. The lowest BCUT2D eigenvalue weighted by Crippen LogP contribution is -1.93. The number of unbranched alkanes of at least 4 members (excludes halogenated alkanes) is 3. The summed E-state index contributed by atoms with van der Waals surface area (Å²) in [6, 6.07) is 0. The lowest BCUT2D eigenvalue weighted by atomic mass is 10.1. The third kappa shape index (κ3) is 14.7. The van der Waals surface area contributed by atoms with Crippen molar-refractivity contribution in [2.75, 3.05) is 0 Å². The zero-order chi connectivity index (χ0) is 13.5. The molecule has 2 nitrogen and oxygen atoms in total. The summed E-state index contributed by atoms with van der Waals surface area (Å²) in [5.41, 5.74) is 0. The molecule has 0 aliphatic carbocycles. The molecule has 0 rings (SSSR count). The van der Waals surface area contributed by atoms with E-state index in [2.05, 4.69) is 43.4 Å². The van der Waals surface area contributed by atoms with Crippen LogP contribution in [0.2, 0.25) is 0 Å². The number of allylic oxidation sites excluding steroid dienone is 6. The van der Waals surface area contributed by atoms with E-state index in [0.29, 0.717) is 6.42 Å². The molecular weight excluding hydrogens is 224 g/mol. The molecule has 1 N–H and O–H groups in total. The summed E-state index contributed by atoms with van der Waals surface area (Å²) in [5.74, 6) is -0.687. The average molecular weight is 250 g/mol. The number of hydrogen-bond acceptors (Lipinski definition) is 1. The molecule has 0 aromatic rings. The van der Waals surface area contributed by atoms with Crippen molar-refractivity contribution in [1.29, 1.82) is 0 Å². The van der Waals surface area contributed by atoms with Gasteiger partial charge < -0.3 is 5.11 Å². The highest BCUT2D eigenvalue weighted by molar-refractivity contribution is 5.66. The van der Waals surface area contributed by atoms with Gasteiger partial charge in [-0.05, 0) is 38.5 Å². The number of rotatable bonds is 11. The van der Waals surface area contributed by atoms with E-state index in [4.69, 9.17) is 5.11 Å². The van der Waals surface area contributed by atoms with Gasteiger partial charge in [0.25, 0.3) is 0 Å². The molecule has 0 fully saturated rings. The van der Waals surface area contributed by atoms with Gasteiger partial charge in [0.15, 0.2) is 0 Å². The van der Waals surface area contributed by atoms with E-state index in [9.17, 15) is 4.79 Å². The Hall–Kier alpha value is -1.31. The third-order valence-electron chi connectivity index (χ3n) is 2.54. The summed E-state index contributed by atoms with van der Waals surface area (Å²) >= 11 is 0. The van der Waals surface area contributed by atoms with Crippen molar-refractivity contribution >= 4 is 5.97 Å². The van der Waals surface area contributed by atoms with Gasteiger partial charge in [-0.2, -0.15) is 0 Å². The number of carbonyl (C=O) groups is 1. The van der Waals surface area contributed by atoms with Crippen LogP contribution >= 0.6 is 0 Å². The maximum atomic E-state index is 10.3. The highest BCUT2D eigenvalue weighted by Gasteiger charge is 1.94. The molecule has 0 bridgehead atoms. The predicted octanol–water partition coefficient (Wildman–Crippen LogP) is 4.88. The SMILES string of the molecule is CCC=CCC=CC/C=C/CCCCCC(=O)O. The van der Waals surface area contributed by atoms with Gasteiger partial charge in [-0.25, -0.2) is 0 Å². The molecule has 0 spiro atoms. The van der Waals surface area contributed by atoms with E-state index in [1.165, 1.54) is 0 Å². The average Bonchev–Trinajstić information content (AvgIpc) is 2.34. The standard InChI is InChI=1S/C16H26O2/c1-2-3-4-5-6-7-8-9-10-11-12-13-14-15-16(17)18/h3-4,6-7,9-10H,2,5,8,11-15H2,1H3,(H,17,18)/b4-3?,7-6?,10-9+. The van der Waals surface area contributed by atoms with Crippen molar-refractivity contribution in [1.82, 2.24) is 0 Å². The summed E-state index contributed by atoms with van der Waals surface area (Å²) in [7, 11) is 0. The smallest absolute Gasteiger partial charge is 0.303 e. The minimum atomic E-state index is -0.687. The number of carboxylic acid groups (broad SMARTS) is 1. The van der Waals surface area contributed by atoms with Crippen LogP contribution in [0.5, 0.6) is 0 Å². The Morgan fingerprint density at radius 1 is 0.889 bits per heavy atom. The zero-order valence-electron chi connectivity index (χ0n) is 11.5. The molecule has 2 heteroatoms. The van der Waals surface area contributed by atoms with Gasteiger partial charge in [-0.15, -0.1) is 0 Å². The van der Waals surface area contributed by atoms with Gasteiger partial charge in [0.2, 0.25) is 0 Å². The van der Waals surface area contributed by atoms with Crippen LogP contribution in [0.15, 0.2) is 36.5 Å². The van der Waals surface area contributed by atoms with E-state index in [1.807, 2.05) is 0 Å².